The first-order chi connectivity index (χ1) is 7.26. The van der Waals surface area contributed by atoms with E-state index < -0.39 is 0 Å². The molecule has 2 fully saturated rings. The molecule has 4 heteroatoms. The van der Waals surface area contributed by atoms with Gasteiger partial charge in [-0.2, -0.15) is 0 Å². The number of carbonyl (C=O) groups is 1. The summed E-state index contributed by atoms with van der Waals surface area (Å²) in [7, 11) is 1.41. The molecular weight excluding hydrogens is 194 g/mol. The summed E-state index contributed by atoms with van der Waals surface area (Å²) in [5, 5.41) is 3.23. The Morgan fingerprint density at radius 2 is 2.13 bits per heavy atom. The number of methoxy groups -OCH3 is 1. The first-order valence-corrected chi connectivity index (χ1v) is 5.71. The third kappa shape index (κ3) is 2.32. The number of nitrogens with one attached hydrogen (secondary N) is 1. The molecule has 4 nitrogen and oxygen atoms in total. The predicted octanol–water partition coefficient (Wildman–Crippen LogP) is 0.851. The summed E-state index contributed by atoms with van der Waals surface area (Å²) in [6.45, 7) is 1.24. The van der Waals surface area contributed by atoms with Gasteiger partial charge in [-0.05, 0) is 12.8 Å². The quantitative estimate of drug-likeness (QED) is 0.656. The van der Waals surface area contributed by atoms with Crippen molar-refractivity contribution >= 4 is 5.97 Å². The summed E-state index contributed by atoms with van der Waals surface area (Å²) >= 11 is 0. The van der Waals surface area contributed by atoms with Crippen LogP contribution in [0, 0.1) is 0 Å². The summed E-state index contributed by atoms with van der Waals surface area (Å²) in [5.41, 5.74) is 0.00275. The highest BCUT2D eigenvalue weighted by Gasteiger charge is 2.39. The van der Waals surface area contributed by atoms with Crippen LogP contribution >= 0.6 is 0 Å². The average Bonchev–Trinajstić information content (AvgIpc) is 2.30. The number of ether oxygens (including phenoxy) is 2. The minimum absolute atomic E-state index is 0.00275. The number of morpholine rings is 1. The van der Waals surface area contributed by atoms with E-state index >= 15 is 0 Å². The van der Waals surface area contributed by atoms with E-state index in [9.17, 15) is 4.79 Å². The van der Waals surface area contributed by atoms with Gasteiger partial charge in [0.25, 0.3) is 0 Å². The molecule has 1 aliphatic carbocycles. The van der Waals surface area contributed by atoms with Crippen LogP contribution in [0.15, 0.2) is 0 Å². The van der Waals surface area contributed by atoms with E-state index in [1.165, 1.54) is 26.4 Å². The molecule has 15 heavy (non-hydrogen) atoms. The summed E-state index contributed by atoms with van der Waals surface area (Å²) in [4.78, 5) is 11.3. The van der Waals surface area contributed by atoms with Gasteiger partial charge >= 0.3 is 5.97 Å². The molecule has 0 aromatic rings. The SMILES string of the molecule is COC(=O)C1COC2(CCCCC2)CN1. The van der Waals surface area contributed by atoms with Crippen molar-refractivity contribution in [3.63, 3.8) is 0 Å². The lowest BCUT2D eigenvalue weighted by atomic mass is 9.83. The highest BCUT2D eigenvalue weighted by molar-refractivity contribution is 5.75. The smallest absolute Gasteiger partial charge is 0.325 e. The Labute approximate surface area is 90.3 Å². The number of hydrogen-bond donors (Lipinski definition) is 1. The number of rotatable bonds is 1. The van der Waals surface area contributed by atoms with Crippen molar-refractivity contribution in [2.45, 2.75) is 43.7 Å². The van der Waals surface area contributed by atoms with Crippen LogP contribution in [0.5, 0.6) is 0 Å². The highest BCUT2D eigenvalue weighted by atomic mass is 16.5. The largest absolute Gasteiger partial charge is 0.468 e. The molecule has 1 unspecified atom stereocenters. The maximum atomic E-state index is 11.3. The molecule has 1 N–H and O–H groups in total. The first-order valence-electron chi connectivity index (χ1n) is 5.71. The molecule has 1 saturated carbocycles. The van der Waals surface area contributed by atoms with Crippen LogP contribution in [0.1, 0.15) is 32.1 Å². The lowest BCUT2D eigenvalue weighted by Gasteiger charge is -2.42. The monoisotopic (exact) mass is 213 g/mol. The highest BCUT2D eigenvalue weighted by Crippen LogP contribution is 2.32. The zero-order valence-corrected chi connectivity index (χ0v) is 9.25. The van der Waals surface area contributed by atoms with E-state index in [2.05, 4.69) is 10.1 Å². The Kier molecular flexibility index (Phi) is 3.26. The van der Waals surface area contributed by atoms with Gasteiger partial charge in [-0.1, -0.05) is 19.3 Å². The summed E-state index contributed by atoms with van der Waals surface area (Å²) in [6.07, 6.45) is 6.03. The fourth-order valence-corrected chi connectivity index (χ4v) is 2.49. The minimum atomic E-state index is -0.275. The molecule has 2 aliphatic rings. The topological polar surface area (TPSA) is 47.6 Å². The molecular formula is C11H19NO3. The van der Waals surface area contributed by atoms with Crippen LogP contribution in [0.2, 0.25) is 0 Å². The summed E-state index contributed by atoms with van der Waals surface area (Å²) in [5.74, 6) is -0.222. The van der Waals surface area contributed by atoms with E-state index in [4.69, 9.17) is 4.74 Å². The molecule has 1 spiro atoms. The Bertz CT molecular complexity index is 226. The average molecular weight is 213 g/mol. The van der Waals surface area contributed by atoms with Gasteiger partial charge in [-0.15, -0.1) is 0 Å². The number of carbonyl (C=O) groups excluding carboxylic acids is 1. The van der Waals surface area contributed by atoms with Crippen LogP contribution in [-0.4, -0.2) is 37.9 Å². The van der Waals surface area contributed by atoms with Gasteiger partial charge in [0.05, 0.1) is 19.3 Å². The molecule has 0 aromatic carbocycles. The molecule has 0 radical (unpaired) electrons. The van der Waals surface area contributed by atoms with Crippen molar-refractivity contribution in [2.75, 3.05) is 20.3 Å². The van der Waals surface area contributed by atoms with Crippen LogP contribution in [0.3, 0.4) is 0 Å². The van der Waals surface area contributed by atoms with Crippen LogP contribution in [0.4, 0.5) is 0 Å². The second kappa shape index (κ2) is 4.49. The Hall–Kier alpha value is -0.610. The zero-order valence-electron chi connectivity index (χ0n) is 9.25. The first kappa shape index (κ1) is 10.9. The molecule has 1 saturated heterocycles. The van der Waals surface area contributed by atoms with Crippen LogP contribution < -0.4 is 5.32 Å². The van der Waals surface area contributed by atoms with Crippen LogP contribution in [0.25, 0.3) is 0 Å². The van der Waals surface area contributed by atoms with Crippen molar-refractivity contribution < 1.29 is 14.3 Å². The van der Waals surface area contributed by atoms with Gasteiger partial charge < -0.3 is 9.47 Å². The maximum absolute atomic E-state index is 11.3. The summed E-state index contributed by atoms with van der Waals surface area (Å²) in [6, 6.07) is -0.275. The fourth-order valence-electron chi connectivity index (χ4n) is 2.49. The van der Waals surface area contributed by atoms with Gasteiger partial charge in [0.2, 0.25) is 0 Å². The van der Waals surface area contributed by atoms with Crippen molar-refractivity contribution in [3.05, 3.63) is 0 Å². The predicted molar refractivity (Wildman–Crippen MR) is 55.6 cm³/mol. The van der Waals surface area contributed by atoms with E-state index in [-0.39, 0.29) is 17.6 Å². The summed E-state index contributed by atoms with van der Waals surface area (Å²) < 4.78 is 10.6. The van der Waals surface area contributed by atoms with Gasteiger partial charge in [0, 0.05) is 6.54 Å². The fraction of sp³-hybridized carbons (Fsp3) is 0.909. The van der Waals surface area contributed by atoms with Gasteiger partial charge in [-0.25, -0.2) is 0 Å². The third-order valence-electron chi connectivity index (χ3n) is 3.48. The number of hydrogen-bond acceptors (Lipinski definition) is 4. The molecule has 2 rings (SSSR count). The van der Waals surface area contributed by atoms with Crippen molar-refractivity contribution in [3.8, 4) is 0 Å². The van der Waals surface area contributed by atoms with E-state index in [0.29, 0.717) is 6.61 Å². The zero-order chi connectivity index (χ0) is 10.7. The van der Waals surface area contributed by atoms with E-state index in [1.807, 2.05) is 0 Å². The number of esters is 1. The Morgan fingerprint density at radius 3 is 2.67 bits per heavy atom. The van der Waals surface area contributed by atoms with Gasteiger partial charge in [0.1, 0.15) is 6.04 Å². The lowest BCUT2D eigenvalue weighted by Crippen LogP contribution is -2.57. The lowest BCUT2D eigenvalue weighted by molar-refractivity contribution is -0.155. The van der Waals surface area contributed by atoms with E-state index in [1.54, 1.807) is 0 Å². The standard InChI is InChI=1S/C11H19NO3/c1-14-10(13)9-7-15-11(8-12-9)5-3-2-4-6-11/h9,12H,2-8H2,1H3. The molecule has 0 bridgehead atoms. The Balaban J connectivity index is 1.88. The molecule has 0 aromatic heterocycles. The maximum Gasteiger partial charge on any atom is 0.325 e. The van der Waals surface area contributed by atoms with Crippen molar-refractivity contribution in [1.29, 1.82) is 0 Å². The molecule has 0 amide bonds. The minimum Gasteiger partial charge on any atom is -0.468 e. The molecule has 1 heterocycles. The van der Waals surface area contributed by atoms with Crippen LogP contribution in [-0.2, 0) is 14.3 Å². The Morgan fingerprint density at radius 1 is 1.40 bits per heavy atom. The molecule has 86 valence electrons. The van der Waals surface area contributed by atoms with E-state index in [0.717, 1.165) is 19.4 Å². The molecule has 1 aliphatic heterocycles. The van der Waals surface area contributed by atoms with Crippen molar-refractivity contribution in [2.24, 2.45) is 0 Å². The second-order valence-corrected chi connectivity index (χ2v) is 4.51. The van der Waals surface area contributed by atoms with Gasteiger partial charge in [-0.3, -0.25) is 10.1 Å². The van der Waals surface area contributed by atoms with Crippen molar-refractivity contribution in [1.82, 2.24) is 5.32 Å². The normalized spacial score (nSPS) is 30.1. The second-order valence-electron chi connectivity index (χ2n) is 4.51. The van der Waals surface area contributed by atoms with Gasteiger partial charge in [0.15, 0.2) is 0 Å². The third-order valence-corrected chi connectivity index (χ3v) is 3.48. The molecule has 1 atom stereocenters.